The maximum Gasteiger partial charge on any atom is 0.0591 e. The Morgan fingerprint density at radius 3 is 1.62 bits per heavy atom. The molecule has 0 atom stereocenters. The van der Waals surface area contributed by atoms with Crippen molar-refractivity contribution in [3.63, 3.8) is 0 Å². The minimum absolute atomic E-state index is 0. The van der Waals surface area contributed by atoms with Gasteiger partial charge >= 0.3 is 0 Å². The maximum atomic E-state index is 5.01. The predicted molar refractivity (Wildman–Crippen MR) is 38.9 cm³/mol. The molecule has 0 spiro atoms. The van der Waals surface area contributed by atoms with Gasteiger partial charge in [0.2, 0.25) is 0 Å². The molecule has 48 valence electrons. The minimum atomic E-state index is 0. The van der Waals surface area contributed by atoms with Crippen molar-refractivity contribution in [1.82, 2.24) is 5.32 Å². The molecule has 0 amide bonds. The van der Waals surface area contributed by atoms with Crippen molar-refractivity contribution in [2.45, 2.75) is 0 Å². The molecule has 1 fully saturated rings. The summed E-state index contributed by atoms with van der Waals surface area (Å²) in [6.45, 7) is 3.83. The van der Waals surface area contributed by atoms with Crippen molar-refractivity contribution >= 4 is 27.0 Å². The molecule has 1 heterocycles. The van der Waals surface area contributed by atoms with Gasteiger partial charge in [0, 0.05) is 40.1 Å². The van der Waals surface area contributed by atoms with Crippen LogP contribution in [0.1, 0.15) is 0 Å². The Hall–Kier alpha value is 0.620. The third kappa shape index (κ3) is 4.77. The Morgan fingerprint density at radius 2 is 1.50 bits per heavy atom. The molecule has 1 aliphatic rings. The third-order valence-electron chi connectivity index (χ3n) is 0.846. The van der Waals surface area contributed by atoms with Crippen LogP contribution in [-0.4, -0.2) is 26.3 Å². The average molecular weight is 151 g/mol. The standard InChI is InChI=1S/C4H9NO.2S/c1-3-6-4-2-5-1;;/h5H,1-4H2;;. The van der Waals surface area contributed by atoms with E-state index in [1.54, 1.807) is 0 Å². The van der Waals surface area contributed by atoms with Gasteiger partial charge in [0.05, 0.1) is 13.2 Å². The van der Waals surface area contributed by atoms with Gasteiger partial charge in [0.25, 0.3) is 0 Å². The maximum absolute atomic E-state index is 5.01. The molecule has 1 aliphatic heterocycles. The molecule has 0 aromatic heterocycles. The molecule has 0 aliphatic carbocycles. The van der Waals surface area contributed by atoms with Gasteiger partial charge in [0.15, 0.2) is 0 Å². The topological polar surface area (TPSA) is 21.3 Å². The Bertz CT molecular complexity index is 29.5. The first-order valence-corrected chi connectivity index (χ1v) is 2.28. The SMILES string of the molecule is C1COCCN1.[S].[S]. The van der Waals surface area contributed by atoms with Crippen molar-refractivity contribution in [2.75, 3.05) is 26.3 Å². The van der Waals surface area contributed by atoms with Crippen LogP contribution in [0.15, 0.2) is 0 Å². The van der Waals surface area contributed by atoms with E-state index >= 15 is 0 Å². The lowest BCUT2D eigenvalue weighted by Crippen LogP contribution is -2.30. The first kappa shape index (κ1) is 11.4. The summed E-state index contributed by atoms with van der Waals surface area (Å²) in [7, 11) is 0. The van der Waals surface area contributed by atoms with E-state index in [9.17, 15) is 0 Å². The highest BCUT2D eigenvalue weighted by Crippen LogP contribution is 1.76. The van der Waals surface area contributed by atoms with E-state index in [4.69, 9.17) is 4.74 Å². The Labute approximate surface area is 63.9 Å². The van der Waals surface area contributed by atoms with Crippen LogP contribution in [0.3, 0.4) is 0 Å². The zero-order valence-electron chi connectivity index (χ0n) is 4.55. The summed E-state index contributed by atoms with van der Waals surface area (Å²) in [6.07, 6.45) is 0. The quantitative estimate of drug-likeness (QED) is 0.555. The third-order valence-corrected chi connectivity index (χ3v) is 0.846. The van der Waals surface area contributed by atoms with E-state index in [1.165, 1.54) is 0 Å². The molecular formula is C4H9NOS2. The van der Waals surface area contributed by atoms with E-state index in [0.29, 0.717) is 0 Å². The molecular weight excluding hydrogens is 142 g/mol. The first-order valence-electron chi connectivity index (χ1n) is 2.28. The van der Waals surface area contributed by atoms with Crippen molar-refractivity contribution in [2.24, 2.45) is 0 Å². The van der Waals surface area contributed by atoms with Crippen LogP contribution in [-0.2, 0) is 4.74 Å². The van der Waals surface area contributed by atoms with Crippen molar-refractivity contribution < 1.29 is 4.74 Å². The summed E-state index contributed by atoms with van der Waals surface area (Å²) in [5.41, 5.74) is 0. The zero-order valence-corrected chi connectivity index (χ0v) is 6.19. The summed E-state index contributed by atoms with van der Waals surface area (Å²) < 4.78 is 5.01. The lowest BCUT2D eigenvalue weighted by molar-refractivity contribution is 0.109. The molecule has 0 saturated carbocycles. The highest BCUT2D eigenvalue weighted by Gasteiger charge is 1.92. The molecule has 0 aromatic rings. The number of hydrogen-bond acceptors (Lipinski definition) is 2. The molecule has 1 rings (SSSR count). The van der Waals surface area contributed by atoms with Crippen LogP contribution in [0.5, 0.6) is 0 Å². The van der Waals surface area contributed by atoms with Gasteiger partial charge in [-0.25, -0.2) is 0 Å². The van der Waals surface area contributed by atoms with E-state index in [0.717, 1.165) is 26.3 Å². The Kier molecular flexibility index (Phi) is 10.9. The van der Waals surface area contributed by atoms with Gasteiger partial charge in [0.1, 0.15) is 0 Å². The van der Waals surface area contributed by atoms with Gasteiger partial charge in [-0.05, 0) is 0 Å². The van der Waals surface area contributed by atoms with Crippen LogP contribution in [0.4, 0.5) is 0 Å². The van der Waals surface area contributed by atoms with Gasteiger partial charge in [-0.3, -0.25) is 0 Å². The van der Waals surface area contributed by atoms with Crippen molar-refractivity contribution in [3.05, 3.63) is 0 Å². The smallest absolute Gasteiger partial charge is 0.0591 e. The molecule has 1 saturated heterocycles. The van der Waals surface area contributed by atoms with Gasteiger partial charge in [-0.2, -0.15) is 0 Å². The van der Waals surface area contributed by atoms with Gasteiger partial charge in [-0.15, -0.1) is 0 Å². The van der Waals surface area contributed by atoms with Crippen LogP contribution >= 0.6 is 27.0 Å². The fourth-order valence-electron chi connectivity index (χ4n) is 0.516. The van der Waals surface area contributed by atoms with Gasteiger partial charge in [-0.1, -0.05) is 0 Å². The van der Waals surface area contributed by atoms with E-state index in [-0.39, 0.29) is 27.0 Å². The average Bonchev–Trinajstić information content (AvgIpc) is 1.72. The number of ether oxygens (including phenoxy) is 1. The largest absolute Gasteiger partial charge is 0.379 e. The number of morpholine rings is 1. The summed E-state index contributed by atoms with van der Waals surface area (Å²) in [6, 6.07) is 0. The summed E-state index contributed by atoms with van der Waals surface area (Å²) >= 11 is 0. The lowest BCUT2D eigenvalue weighted by atomic mass is 10.5. The van der Waals surface area contributed by atoms with Crippen molar-refractivity contribution in [1.29, 1.82) is 0 Å². The van der Waals surface area contributed by atoms with E-state index < -0.39 is 0 Å². The number of hydrogen-bond donors (Lipinski definition) is 1. The molecule has 0 bridgehead atoms. The molecule has 4 heteroatoms. The first-order chi connectivity index (χ1) is 3.00. The van der Waals surface area contributed by atoms with Gasteiger partial charge < -0.3 is 10.1 Å². The van der Waals surface area contributed by atoms with Crippen molar-refractivity contribution in [3.8, 4) is 0 Å². The summed E-state index contributed by atoms with van der Waals surface area (Å²) in [5, 5.41) is 3.16. The zero-order chi connectivity index (χ0) is 4.24. The van der Waals surface area contributed by atoms with Crippen LogP contribution in [0.2, 0.25) is 0 Å². The fourth-order valence-corrected chi connectivity index (χ4v) is 0.516. The van der Waals surface area contributed by atoms with Crippen LogP contribution in [0, 0.1) is 0 Å². The fraction of sp³-hybridized carbons (Fsp3) is 1.00. The molecule has 0 aromatic carbocycles. The second-order valence-electron chi connectivity index (χ2n) is 1.36. The summed E-state index contributed by atoms with van der Waals surface area (Å²) in [5.74, 6) is 0. The van der Waals surface area contributed by atoms with Crippen LogP contribution < -0.4 is 5.32 Å². The highest BCUT2D eigenvalue weighted by atomic mass is 32.1. The summed E-state index contributed by atoms with van der Waals surface area (Å²) in [4.78, 5) is 0. The minimum Gasteiger partial charge on any atom is -0.379 e. The van der Waals surface area contributed by atoms with E-state index in [1.807, 2.05) is 0 Å². The molecule has 8 heavy (non-hydrogen) atoms. The molecule has 2 nitrogen and oxygen atoms in total. The van der Waals surface area contributed by atoms with Crippen LogP contribution in [0.25, 0.3) is 0 Å². The Balaban J connectivity index is 0. The highest BCUT2D eigenvalue weighted by molar-refractivity contribution is 7.59. The number of rotatable bonds is 0. The molecule has 1 N–H and O–H groups in total. The lowest BCUT2D eigenvalue weighted by Gasteiger charge is -2.10. The predicted octanol–water partition coefficient (Wildman–Crippen LogP) is 0.903. The second-order valence-corrected chi connectivity index (χ2v) is 1.36. The Morgan fingerprint density at radius 1 is 1.00 bits per heavy atom. The molecule has 4 radical (unpaired) electrons. The normalized spacial score (nSPS) is 18.0. The number of nitrogens with one attached hydrogen (secondary N) is 1. The molecule has 0 unspecified atom stereocenters. The van der Waals surface area contributed by atoms with E-state index in [2.05, 4.69) is 5.32 Å². The monoisotopic (exact) mass is 151 g/mol. The second kappa shape index (κ2) is 7.62.